The van der Waals surface area contributed by atoms with Crippen LogP contribution in [-0.4, -0.2) is 42.8 Å². The van der Waals surface area contributed by atoms with E-state index in [4.69, 9.17) is 0 Å². The summed E-state index contributed by atoms with van der Waals surface area (Å²) in [5.41, 5.74) is -3.92. The summed E-state index contributed by atoms with van der Waals surface area (Å²) in [6.45, 7) is 18.5. The zero-order valence-corrected chi connectivity index (χ0v) is 19.8. The predicted octanol–water partition coefficient (Wildman–Crippen LogP) is 3.90. The Morgan fingerprint density at radius 2 is 0.750 bits per heavy atom. The maximum absolute atomic E-state index is 9.90. The van der Waals surface area contributed by atoms with Crippen molar-refractivity contribution in [2.24, 2.45) is 11.8 Å². The molecule has 28 heavy (non-hydrogen) atoms. The Bertz CT molecular complexity index is 487. The minimum atomic E-state index is -1.03. The molecule has 4 nitrogen and oxygen atoms in total. The Labute approximate surface area is 173 Å². The summed E-state index contributed by atoms with van der Waals surface area (Å²) in [4.78, 5) is 0. The van der Waals surface area contributed by atoms with Gasteiger partial charge in [-0.2, -0.15) is 0 Å². The van der Waals surface area contributed by atoms with E-state index in [9.17, 15) is 20.4 Å². The lowest BCUT2D eigenvalue weighted by Crippen LogP contribution is -2.33. The Hall–Kier alpha value is -1.04. The van der Waals surface area contributed by atoms with Gasteiger partial charge >= 0.3 is 0 Å². The van der Waals surface area contributed by atoms with Crippen LogP contribution in [0.25, 0.3) is 0 Å². The second kappa shape index (κ2) is 11.8. The van der Waals surface area contributed by atoms with Crippen molar-refractivity contribution < 1.29 is 20.4 Å². The Morgan fingerprint density at radius 1 is 0.536 bits per heavy atom. The molecule has 2 atom stereocenters. The summed E-state index contributed by atoms with van der Waals surface area (Å²) in [6, 6.07) is 0. The summed E-state index contributed by atoms with van der Waals surface area (Å²) < 4.78 is 0. The molecule has 0 rings (SSSR count). The van der Waals surface area contributed by atoms with E-state index in [1.807, 2.05) is 55.4 Å². The molecule has 4 heteroatoms. The fourth-order valence-corrected chi connectivity index (χ4v) is 1.63. The van der Waals surface area contributed by atoms with Crippen LogP contribution in [0.1, 0.15) is 94.9 Å². The summed E-state index contributed by atoms with van der Waals surface area (Å²) in [5, 5.41) is 39.5. The van der Waals surface area contributed by atoms with Crippen molar-refractivity contribution in [3.8, 4) is 23.7 Å². The average molecular weight is 397 g/mol. The molecular weight excluding hydrogens is 352 g/mol. The van der Waals surface area contributed by atoms with Crippen LogP contribution in [0.4, 0.5) is 0 Å². The fourth-order valence-electron chi connectivity index (χ4n) is 1.63. The van der Waals surface area contributed by atoms with Crippen LogP contribution >= 0.6 is 0 Å². The van der Waals surface area contributed by atoms with Gasteiger partial charge < -0.3 is 20.4 Å². The van der Waals surface area contributed by atoms with Crippen LogP contribution in [0.5, 0.6) is 0 Å². The van der Waals surface area contributed by atoms with Crippen LogP contribution in [0.2, 0.25) is 0 Å². The van der Waals surface area contributed by atoms with Gasteiger partial charge in [-0.15, -0.1) is 0 Å². The van der Waals surface area contributed by atoms with E-state index in [0.717, 1.165) is 0 Å². The highest BCUT2D eigenvalue weighted by molar-refractivity contribution is 5.21. The van der Waals surface area contributed by atoms with Crippen molar-refractivity contribution in [3.05, 3.63) is 0 Å². The van der Waals surface area contributed by atoms with Crippen LogP contribution in [-0.2, 0) is 0 Å². The van der Waals surface area contributed by atoms with Gasteiger partial charge in [0, 0.05) is 0 Å². The van der Waals surface area contributed by atoms with E-state index in [1.54, 1.807) is 13.8 Å². The summed E-state index contributed by atoms with van der Waals surface area (Å²) >= 11 is 0. The molecule has 0 aliphatic heterocycles. The van der Waals surface area contributed by atoms with Gasteiger partial charge in [-0.1, -0.05) is 79.1 Å². The van der Waals surface area contributed by atoms with Gasteiger partial charge in [0.15, 0.2) is 0 Å². The molecule has 0 fully saturated rings. The third-order valence-electron chi connectivity index (χ3n) is 5.68. The molecule has 4 N–H and O–H groups in total. The Balaban J connectivity index is 0. The van der Waals surface area contributed by atoms with E-state index in [1.165, 1.54) is 0 Å². The van der Waals surface area contributed by atoms with Gasteiger partial charge in [-0.3, -0.25) is 0 Å². The highest BCUT2D eigenvalue weighted by atomic mass is 16.3. The van der Waals surface area contributed by atoms with Crippen molar-refractivity contribution in [1.29, 1.82) is 0 Å². The topological polar surface area (TPSA) is 80.9 Å². The summed E-state index contributed by atoms with van der Waals surface area (Å²) in [7, 11) is 0. The third-order valence-corrected chi connectivity index (χ3v) is 5.68. The first-order valence-electron chi connectivity index (χ1n) is 10.5. The summed E-state index contributed by atoms with van der Waals surface area (Å²) in [5.74, 6) is 11.2. The van der Waals surface area contributed by atoms with Gasteiger partial charge in [0.1, 0.15) is 22.4 Å². The third kappa shape index (κ3) is 10.5. The van der Waals surface area contributed by atoms with E-state index in [0.29, 0.717) is 25.7 Å². The first-order valence-corrected chi connectivity index (χ1v) is 10.5. The fraction of sp³-hybridized carbons (Fsp3) is 0.833. The molecule has 0 aromatic carbocycles. The molecule has 0 spiro atoms. The van der Waals surface area contributed by atoms with Crippen molar-refractivity contribution in [2.75, 3.05) is 0 Å². The number of aliphatic hydroxyl groups is 4. The molecular formula is C24H44O4. The van der Waals surface area contributed by atoms with Crippen LogP contribution < -0.4 is 0 Å². The van der Waals surface area contributed by atoms with Crippen LogP contribution in [0, 0.1) is 35.5 Å². The van der Waals surface area contributed by atoms with E-state index in [2.05, 4.69) is 23.7 Å². The van der Waals surface area contributed by atoms with Crippen molar-refractivity contribution in [2.45, 2.75) is 117 Å². The number of hydrogen-bond donors (Lipinski definition) is 4. The SMILES string of the molecule is CC(C)C(C)(O)C#CC(C)(O)C(C)C.CCC(O)(C#CC(O)(CC)CC)CC. The molecule has 0 aromatic heterocycles. The first kappa shape index (κ1) is 29.2. The summed E-state index contributed by atoms with van der Waals surface area (Å²) in [6.07, 6.45) is 2.39. The second-order valence-corrected chi connectivity index (χ2v) is 8.58. The van der Waals surface area contributed by atoms with E-state index >= 15 is 0 Å². The van der Waals surface area contributed by atoms with E-state index < -0.39 is 22.4 Å². The largest absolute Gasteiger partial charge is 0.378 e. The highest BCUT2D eigenvalue weighted by Gasteiger charge is 2.26. The van der Waals surface area contributed by atoms with Crippen molar-refractivity contribution in [3.63, 3.8) is 0 Å². The zero-order valence-electron chi connectivity index (χ0n) is 19.8. The van der Waals surface area contributed by atoms with Gasteiger partial charge in [-0.05, 0) is 51.4 Å². The molecule has 164 valence electrons. The standard InChI is InChI=1S/2C12H22O2/c1-9(2)11(5,13)7-8-12(6,14)10(3)4;1-5-11(13,6-2)9-10-12(14,7-3)8-4/h9-10,13-14H,1-6H3;13-14H,5-8H2,1-4H3. The van der Waals surface area contributed by atoms with Crippen molar-refractivity contribution >= 4 is 0 Å². The molecule has 0 radical (unpaired) electrons. The molecule has 0 bridgehead atoms. The molecule has 0 aliphatic rings. The van der Waals surface area contributed by atoms with Crippen LogP contribution in [0.15, 0.2) is 0 Å². The average Bonchev–Trinajstić information content (AvgIpc) is 2.64. The normalized spacial score (nSPS) is 16.0. The predicted molar refractivity (Wildman–Crippen MR) is 118 cm³/mol. The maximum Gasteiger partial charge on any atom is 0.125 e. The van der Waals surface area contributed by atoms with Gasteiger partial charge in [0.05, 0.1) is 0 Å². The monoisotopic (exact) mass is 396 g/mol. The zero-order chi connectivity index (χ0) is 22.8. The Kier molecular flexibility index (Phi) is 12.3. The minimum absolute atomic E-state index is 0.0537. The maximum atomic E-state index is 9.90. The van der Waals surface area contributed by atoms with Gasteiger partial charge in [0.25, 0.3) is 0 Å². The molecule has 0 saturated heterocycles. The molecule has 0 aliphatic carbocycles. The smallest absolute Gasteiger partial charge is 0.125 e. The lowest BCUT2D eigenvalue weighted by molar-refractivity contribution is 0.0611. The molecule has 0 aromatic rings. The molecule has 0 amide bonds. The lowest BCUT2D eigenvalue weighted by atomic mass is 9.89. The van der Waals surface area contributed by atoms with Gasteiger partial charge in [0.2, 0.25) is 0 Å². The molecule has 0 heterocycles. The quantitative estimate of drug-likeness (QED) is 0.513. The Morgan fingerprint density at radius 3 is 0.893 bits per heavy atom. The van der Waals surface area contributed by atoms with Crippen molar-refractivity contribution in [1.82, 2.24) is 0 Å². The lowest BCUT2D eigenvalue weighted by Gasteiger charge is -2.24. The van der Waals surface area contributed by atoms with E-state index in [-0.39, 0.29) is 11.8 Å². The minimum Gasteiger partial charge on any atom is -0.378 e. The number of rotatable bonds is 6. The van der Waals surface area contributed by atoms with Gasteiger partial charge in [-0.25, -0.2) is 0 Å². The second-order valence-electron chi connectivity index (χ2n) is 8.58. The molecule has 0 saturated carbocycles. The first-order chi connectivity index (χ1) is 12.5. The number of hydrogen-bond acceptors (Lipinski definition) is 4. The molecule has 2 unspecified atom stereocenters. The highest BCUT2D eigenvalue weighted by Crippen LogP contribution is 2.19. The van der Waals surface area contributed by atoms with Crippen LogP contribution in [0.3, 0.4) is 0 Å².